The molecular weight excluding hydrogens is 406 g/mol. The molecule has 1 aliphatic rings. The Bertz CT molecular complexity index is 1190. The Morgan fingerprint density at radius 2 is 1.72 bits per heavy atom. The summed E-state index contributed by atoms with van der Waals surface area (Å²) in [4.78, 5) is 45.9. The number of fused-ring (bicyclic) bond motifs is 1. The zero-order valence-electron chi connectivity index (χ0n) is 17.9. The van der Waals surface area contributed by atoms with Crippen molar-refractivity contribution in [2.75, 3.05) is 11.4 Å². The first-order valence-corrected chi connectivity index (χ1v) is 10.4. The minimum atomic E-state index is -0.414. The van der Waals surface area contributed by atoms with Gasteiger partial charge in [-0.05, 0) is 48.4 Å². The summed E-state index contributed by atoms with van der Waals surface area (Å²) in [7, 11) is 0. The molecule has 0 unspecified atom stereocenters. The van der Waals surface area contributed by atoms with Crippen molar-refractivity contribution in [3.63, 3.8) is 0 Å². The molecule has 2 heterocycles. The molecule has 0 radical (unpaired) electrons. The lowest BCUT2D eigenvalue weighted by molar-refractivity contribution is 0.0636. The molecule has 0 bridgehead atoms. The monoisotopic (exact) mass is 429 g/mol. The topological polar surface area (TPSA) is 90.8 Å². The number of aromatic hydroxyl groups is 1. The molecule has 32 heavy (non-hydrogen) atoms. The average molecular weight is 429 g/mol. The second kappa shape index (κ2) is 8.63. The highest BCUT2D eigenvalue weighted by molar-refractivity contribution is 6.22. The highest BCUT2D eigenvalue weighted by Crippen LogP contribution is 2.31. The van der Waals surface area contributed by atoms with Crippen LogP contribution >= 0.6 is 0 Å². The molecule has 162 valence electrons. The van der Waals surface area contributed by atoms with Crippen LogP contribution in [0.15, 0.2) is 66.9 Å². The van der Waals surface area contributed by atoms with Crippen molar-refractivity contribution in [3.05, 3.63) is 89.2 Å². The molecule has 0 saturated heterocycles. The predicted octanol–water partition coefficient (Wildman–Crippen LogP) is 3.89. The number of para-hydroxylation sites is 2. The molecule has 4 rings (SSSR count). The summed E-state index contributed by atoms with van der Waals surface area (Å²) >= 11 is 0. The first-order valence-electron chi connectivity index (χ1n) is 10.4. The number of carbonyl (C=O) groups is 3. The number of rotatable bonds is 6. The van der Waals surface area contributed by atoms with E-state index >= 15 is 0 Å². The van der Waals surface area contributed by atoms with Crippen LogP contribution in [0.4, 0.5) is 5.69 Å². The van der Waals surface area contributed by atoms with Crippen LogP contribution in [0.1, 0.15) is 50.6 Å². The number of amides is 3. The normalized spacial score (nSPS) is 12.9. The van der Waals surface area contributed by atoms with Crippen LogP contribution in [0, 0.1) is 5.92 Å². The molecule has 2 aromatic carbocycles. The van der Waals surface area contributed by atoms with Crippen LogP contribution in [0.5, 0.6) is 5.75 Å². The zero-order chi connectivity index (χ0) is 22.8. The van der Waals surface area contributed by atoms with Crippen molar-refractivity contribution < 1.29 is 19.5 Å². The van der Waals surface area contributed by atoms with E-state index in [1.165, 1.54) is 34.1 Å². The van der Waals surface area contributed by atoms with E-state index < -0.39 is 11.8 Å². The maximum atomic E-state index is 13.5. The molecule has 0 saturated carbocycles. The third kappa shape index (κ3) is 3.97. The highest BCUT2D eigenvalue weighted by atomic mass is 16.3. The summed E-state index contributed by atoms with van der Waals surface area (Å²) in [5.74, 6) is -1.07. The van der Waals surface area contributed by atoms with Crippen LogP contribution in [0.3, 0.4) is 0 Å². The standard InChI is InChI=1S/C25H23N3O4/c1-16(2)14-28-24(31)19-11-10-17(13-20(19)25(28)32)23(30)27(15-18-7-5-6-12-26-18)21-8-3-4-9-22(21)29/h3-13,16,29H,14-15H2,1-2H3. The lowest BCUT2D eigenvalue weighted by atomic mass is 10.0. The molecule has 1 aromatic heterocycles. The SMILES string of the molecule is CC(C)CN1C(=O)c2ccc(C(=O)N(Cc3ccccn3)c3ccccc3O)cc2C1=O. The summed E-state index contributed by atoms with van der Waals surface area (Å²) in [6, 6.07) is 16.4. The Balaban J connectivity index is 1.71. The summed E-state index contributed by atoms with van der Waals surface area (Å²) in [6.07, 6.45) is 1.63. The van der Waals surface area contributed by atoms with Crippen LogP contribution in [-0.4, -0.2) is 39.3 Å². The van der Waals surface area contributed by atoms with Gasteiger partial charge in [0.25, 0.3) is 17.7 Å². The van der Waals surface area contributed by atoms with Gasteiger partial charge in [-0.15, -0.1) is 0 Å². The number of hydrogen-bond acceptors (Lipinski definition) is 5. The second-order valence-electron chi connectivity index (χ2n) is 8.08. The Morgan fingerprint density at radius 1 is 1.00 bits per heavy atom. The van der Waals surface area contributed by atoms with Gasteiger partial charge in [0.05, 0.1) is 29.1 Å². The lowest BCUT2D eigenvalue weighted by Crippen LogP contribution is -2.33. The smallest absolute Gasteiger partial charge is 0.261 e. The van der Waals surface area contributed by atoms with E-state index in [0.717, 1.165) is 0 Å². The Labute approximate surface area is 185 Å². The van der Waals surface area contributed by atoms with Gasteiger partial charge >= 0.3 is 0 Å². The zero-order valence-corrected chi connectivity index (χ0v) is 17.9. The molecule has 1 N–H and O–H groups in total. The van der Waals surface area contributed by atoms with Crippen molar-refractivity contribution in [2.24, 2.45) is 5.92 Å². The van der Waals surface area contributed by atoms with Crippen molar-refractivity contribution in [3.8, 4) is 5.75 Å². The van der Waals surface area contributed by atoms with E-state index in [9.17, 15) is 19.5 Å². The number of phenols is 1. The minimum Gasteiger partial charge on any atom is -0.506 e. The number of pyridine rings is 1. The highest BCUT2D eigenvalue weighted by Gasteiger charge is 2.36. The predicted molar refractivity (Wildman–Crippen MR) is 120 cm³/mol. The van der Waals surface area contributed by atoms with E-state index in [1.807, 2.05) is 19.9 Å². The number of imide groups is 1. The third-order valence-electron chi connectivity index (χ3n) is 5.23. The maximum absolute atomic E-state index is 13.5. The molecule has 1 aliphatic heterocycles. The number of carbonyl (C=O) groups excluding carboxylic acids is 3. The molecule has 0 fully saturated rings. The number of anilines is 1. The fourth-order valence-corrected chi connectivity index (χ4v) is 3.72. The molecule has 0 atom stereocenters. The van der Waals surface area contributed by atoms with Gasteiger partial charge in [-0.3, -0.25) is 29.2 Å². The van der Waals surface area contributed by atoms with Gasteiger partial charge in [0.15, 0.2) is 0 Å². The molecule has 0 aliphatic carbocycles. The van der Waals surface area contributed by atoms with E-state index in [2.05, 4.69) is 4.98 Å². The van der Waals surface area contributed by atoms with Crippen molar-refractivity contribution >= 4 is 23.4 Å². The second-order valence-corrected chi connectivity index (χ2v) is 8.08. The molecule has 3 aromatic rings. The largest absolute Gasteiger partial charge is 0.506 e. The van der Waals surface area contributed by atoms with Crippen LogP contribution in [-0.2, 0) is 6.54 Å². The number of nitrogens with zero attached hydrogens (tertiary/aromatic N) is 3. The molecule has 3 amide bonds. The van der Waals surface area contributed by atoms with Crippen LogP contribution in [0.2, 0.25) is 0 Å². The first kappa shape index (κ1) is 21.2. The van der Waals surface area contributed by atoms with E-state index in [1.54, 1.807) is 36.5 Å². The van der Waals surface area contributed by atoms with E-state index in [0.29, 0.717) is 23.5 Å². The van der Waals surface area contributed by atoms with Gasteiger partial charge in [-0.25, -0.2) is 0 Å². The fourth-order valence-electron chi connectivity index (χ4n) is 3.72. The summed E-state index contributed by atoms with van der Waals surface area (Å²) in [5.41, 5.74) is 1.73. The summed E-state index contributed by atoms with van der Waals surface area (Å²) in [6.45, 7) is 4.31. The van der Waals surface area contributed by atoms with Gasteiger partial charge in [-0.1, -0.05) is 32.0 Å². The molecule has 7 heteroatoms. The van der Waals surface area contributed by atoms with Gasteiger partial charge < -0.3 is 5.11 Å². The van der Waals surface area contributed by atoms with E-state index in [-0.39, 0.29) is 35.2 Å². The average Bonchev–Trinajstić information content (AvgIpc) is 3.02. The van der Waals surface area contributed by atoms with Gasteiger partial charge in [0.1, 0.15) is 5.75 Å². The summed E-state index contributed by atoms with van der Waals surface area (Å²) < 4.78 is 0. The lowest BCUT2D eigenvalue weighted by Gasteiger charge is -2.23. The Hall–Kier alpha value is -4.00. The quantitative estimate of drug-likeness (QED) is 0.601. The van der Waals surface area contributed by atoms with Gasteiger partial charge in [0.2, 0.25) is 0 Å². The fraction of sp³-hybridized carbons (Fsp3) is 0.200. The Kier molecular flexibility index (Phi) is 5.73. The number of hydrogen-bond donors (Lipinski definition) is 1. The summed E-state index contributed by atoms with van der Waals surface area (Å²) in [5, 5.41) is 10.4. The van der Waals surface area contributed by atoms with Crippen LogP contribution in [0.25, 0.3) is 0 Å². The molecule has 7 nitrogen and oxygen atoms in total. The first-order chi connectivity index (χ1) is 15.4. The number of phenolic OH excluding ortho intramolecular Hbond substituents is 1. The molecule has 0 spiro atoms. The third-order valence-corrected chi connectivity index (χ3v) is 5.23. The maximum Gasteiger partial charge on any atom is 0.261 e. The number of aromatic nitrogens is 1. The molecular formula is C25H23N3O4. The van der Waals surface area contributed by atoms with E-state index in [4.69, 9.17) is 0 Å². The minimum absolute atomic E-state index is 0.0488. The van der Waals surface area contributed by atoms with Gasteiger partial charge in [0, 0.05) is 18.3 Å². The van der Waals surface area contributed by atoms with Crippen LogP contribution < -0.4 is 4.90 Å². The Morgan fingerprint density at radius 3 is 2.41 bits per heavy atom. The van der Waals surface area contributed by atoms with Crippen molar-refractivity contribution in [1.29, 1.82) is 0 Å². The van der Waals surface area contributed by atoms with Gasteiger partial charge in [-0.2, -0.15) is 0 Å². The van der Waals surface area contributed by atoms with Crippen molar-refractivity contribution in [2.45, 2.75) is 20.4 Å². The number of benzene rings is 2. The van der Waals surface area contributed by atoms with Crippen molar-refractivity contribution in [1.82, 2.24) is 9.88 Å².